The lowest BCUT2D eigenvalue weighted by Crippen LogP contribution is -2.15. The van der Waals surface area contributed by atoms with E-state index in [2.05, 4.69) is 10.0 Å². The Labute approximate surface area is 163 Å². The van der Waals surface area contributed by atoms with Crippen LogP contribution in [-0.2, 0) is 21.2 Å². The van der Waals surface area contributed by atoms with Gasteiger partial charge in [0.05, 0.1) is 11.3 Å². The van der Waals surface area contributed by atoms with Gasteiger partial charge < -0.3 is 5.32 Å². The van der Waals surface area contributed by atoms with Gasteiger partial charge in [0.1, 0.15) is 5.82 Å². The zero-order chi connectivity index (χ0) is 20.1. The molecule has 1 amide bonds. The molecular weight excluding hydrogens is 379 g/mol. The van der Waals surface area contributed by atoms with Crippen molar-refractivity contribution in [1.82, 2.24) is 0 Å². The fourth-order valence-corrected chi connectivity index (χ4v) is 3.67. The number of benzene rings is 3. The number of amides is 1. The van der Waals surface area contributed by atoms with Crippen molar-refractivity contribution in [3.63, 3.8) is 0 Å². The lowest BCUT2D eigenvalue weighted by Gasteiger charge is -2.10. The minimum atomic E-state index is -3.81. The van der Waals surface area contributed by atoms with Gasteiger partial charge in [-0.1, -0.05) is 30.3 Å². The summed E-state index contributed by atoms with van der Waals surface area (Å²) in [5, 5.41) is 2.86. The van der Waals surface area contributed by atoms with Crippen LogP contribution in [0.5, 0.6) is 0 Å². The van der Waals surface area contributed by atoms with E-state index in [1.165, 1.54) is 12.1 Å². The first-order valence-electron chi connectivity index (χ1n) is 8.56. The van der Waals surface area contributed by atoms with E-state index in [0.29, 0.717) is 5.69 Å². The molecule has 3 aromatic rings. The van der Waals surface area contributed by atoms with Crippen molar-refractivity contribution in [3.8, 4) is 0 Å². The number of nitrogens with one attached hydrogen (secondary N) is 2. The predicted molar refractivity (Wildman–Crippen MR) is 107 cm³/mol. The van der Waals surface area contributed by atoms with Gasteiger partial charge in [0.2, 0.25) is 5.91 Å². The number of aryl methyl sites for hydroxylation is 1. The maximum atomic E-state index is 13.0. The number of carbonyl (C=O) groups is 1. The van der Waals surface area contributed by atoms with Crippen molar-refractivity contribution in [2.75, 3.05) is 10.0 Å². The van der Waals surface area contributed by atoms with E-state index < -0.39 is 15.8 Å². The fraction of sp³-hybridized carbons (Fsp3) is 0.0952. The van der Waals surface area contributed by atoms with Crippen LogP contribution < -0.4 is 10.0 Å². The molecule has 0 spiro atoms. The summed E-state index contributed by atoms with van der Waals surface area (Å²) in [5.41, 5.74) is 2.83. The van der Waals surface area contributed by atoms with Gasteiger partial charge in [-0.15, -0.1) is 0 Å². The second-order valence-electron chi connectivity index (χ2n) is 6.30. The first-order valence-corrected chi connectivity index (χ1v) is 10.0. The molecule has 3 aromatic carbocycles. The smallest absolute Gasteiger partial charge is 0.261 e. The molecule has 3 rings (SSSR count). The van der Waals surface area contributed by atoms with Gasteiger partial charge >= 0.3 is 0 Å². The molecule has 7 heteroatoms. The molecule has 0 atom stereocenters. The number of sulfonamides is 1. The molecule has 0 aliphatic rings. The average molecular weight is 398 g/mol. The largest absolute Gasteiger partial charge is 0.326 e. The maximum absolute atomic E-state index is 13.0. The molecule has 0 aliphatic carbocycles. The van der Waals surface area contributed by atoms with Crippen molar-refractivity contribution >= 4 is 27.3 Å². The third-order valence-corrected chi connectivity index (χ3v) is 5.51. The molecule has 0 unspecified atom stereocenters. The summed E-state index contributed by atoms with van der Waals surface area (Å²) >= 11 is 0. The topological polar surface area (TPSA) is 75.3 Å². The monoisotopic (exact) mass is 398 g/mol. The molecule has 0 aromatic heterocycles. The van der Waals surface area contributed by atoms with Crippen LogP contribution in [-0.4, -0.2) is 14.3 Å². The van der Waals surface area contributed by atoms with Gasteiger partial charge in [-0.3, -0.25) is 9.52 Å². The highest BCUT2D eigenvalue weighted by atomic mass is 32.2. The molecular formula is C21H19FN2O3S. The highest BCUT2D eigenvalue weighted by molar-refractivity contribution is 7.92. The number of hydrogen-bond acceptors (Lipinski definition) is 3. The van der Waals surface area contributed by atoms with Gasteiger partial charge in [-0.05, 0) is 60.5 Å². The molecule has 0 saturated heterocycles. The molecule has 0 heterocycles. The molecule has 0 saturated carbocycles. The highest BCUT2D eigenvalue weighted by Gasteiger charge is 2.14. The third-order valence-electron chi connectivity index (χ3n) is 4.11. The number of halogens is 1. The van der Waals surface area contributed by atoms with Crippen molar-refractivity contribution in [3.05, 3.63) is 89.7 Å². The molecule has 28 heavy (non-hydrogen) atoms. The summed E-state index contributed by atoms with van der Waals surface area (Å²) in [4.78, 5) is 12.2. The summed E-state index contributed by atoms with van der Waals surface area (Å²) in [5.74, 6) is -0.666. The van der Waals surface area contributed by atoms with E-state index >= 15 is 0 Å². The second-order valence-corrected chi connectivity index (χ2v) is 7.98. The Kier molecular flexibility index (Phi) is 5.75. The summed E-state index contributed by atoms with van der Waals surface area (Å²) in [6.07, 6.45) is 0.166. The lowest BCUT2D eigenvalue weighted by molar-refractivity contribution is -0.115. The van der Waals surface area contributed by atoms with Crippen LogP contribution in [0, 0.1) is 12.7 Å². The van der Waals surface area contributed by atoms with E-state index in [4.69, 9.17) is 0 Å². The van der Waals surface area contributed by atoms with Crippen LogP contribution in [0.15, 0.2) is 77.7 Å². The van der Waals surface area contributed by atoms with Gasteiger partial charge in [0.15, 0.2) is 0 Å². The minimum absolute atomic E-state index is 0.0319. The van der Waals surface area contributed by atoms with Crippen LogP contribution in [0.3, 0.4) is 0 Å². The maximum Gasteiger partial charge on any atom is 0.261 e. The Bertz CT molecular complexity index is 1080. The Morgan fingerprint density at radius 3 is 2.21 bits per heavy atom. The molecule has 5 nitrogen and oxygen atoms in total. The SMILES string of the molecule is Cc1ccccc1NC(=O)Cc1ccc(NS(=O)(=O)c2ccc(F)cc2)cc1. The van der Waals surface area contributed by atoms with Crippen LogP contribution in [0.2, 0.25) is 0 Å². The molecule has 0 bridgehead atoms. The summed E-state index contributed by atoms with van der Waals surface area (Å²) in [7, 11) is -3.81. The predicted octanol–water partition coefficient (Wildman–Crippen LogP) is 4.12. The molecule has 0 fully saturated rings. The number of para-hydroxylation sites is 1. The minimum Gasteiger partial charge on any atom is -0.326 e. The van der Waals surface area contributed by atoms with Crippen LogP contribution in [0.25, 0.3) is 0 Å². The van der Waals surface area contributed by atoms with E-state index in [0.717, 1.165) is 28.9 Å². The normalized spacial score (nSPS) is 11.1. The zero-order valence-electron chi connectivity index (χ0n) is 15.1. The number of rotatable bonds is 6. The first kappa shape index (κ1) is 19.6. The van der Waals surface area contributed by atoms with Crippen molar-refractivity contribution in [2.24, 2.45) is 0 Å². The van der Waals surface area contributed by atoms with Gasteiger partial charge in [0, 0.05) is 11.4 Å². The standard InChI is InChI=1S/C21H19FN2O3S/c1-15-4-2-3-5-20(15)23-21(25)14-16-6-10-18(11-7-16)24-28(26,27)19-12-8-17(22)9-13-19/h2-13,24H,14H2,1H3,(H,23,25). The molecule has 2 N–H and O–H groups in total. The molecule has 0 radical (unpaired) electrons. The average Bonchev–Trinajstić information content (AvgIpc) is 2.65. The Morgan fingerprint density at radius 1 is 0.929 bits per heavy atom. The first-order chi connectivity index (χ1) is 13.3. The summed E-state index contributed by atoms with van der Waals surface area (Å²) < 4.78 is 40.0. The van der Waals surface area contributed by atoms with Crippen molar-refractivity contribution < 1.29 is 17.6 Å². The lowest BCUT2D eigenvalue weighted by atomic mass is 10.1. The van der Waals surface area contributed by atoms with Crippen molar-refractivity contribution in [1.29, 1.82) is 0 Å². The Morgan fingerprint density at radius 2 is 1.57 bits per heavy atom. The van der Waals surface area contributed by atoms with E-state index in [1.54, 1.807) is 24.3 Å². The quantitative estimate of drug-likeness (QED) is 0.656. The molecule has 0 aliphatic heterocycles. The Balaban J connectivity index is 1.64. The van der Waals surface area contributed by atoms with Gasteiger partial charge in [0.25, 0.3) is 10.0 Å². The van der Waals surface area contributed by atoms with E-state index in [1.807, 2.05) is 31.2 Å². The van der Waals surface area contributed by atoms with Crippen LogP contribution in [0.1, 0.15) is 11.1 Å². The van der Waals surface area contributed by atoms with Crippen LogP contribution in [0.4, 0.5) is 15.8 Å². The van der Waals surface area contributed by atoms with Crippen molar-refractivity contribution in [2.45, 2.75) is 18.2 Å². The van der Waals surface area contributed by atoms with Gasteiger partial charge in [-0.25, -0.2) is 12.8 Å². The highest BCUT2D eigenvalue weighted by Crippen LogP contribution is 2.18. The zero-order valence-corrected chi connectivity index (χ0v) is 16.0. The summed E-state index contributed by atoms with van der Waals surface area (Å²) in [6, 6.07) is 18.6. The fourth-order valence-electron chi connectivity index (χ4n) is 2.61. The number of hydrogen-bond donors (Lipinski definition) is 2. The van der Waals surface area contributed by atoms with E-state index in [-0.39, 0.29) is 17.2 Å². The summed E-state index contributed by atoms with van der Waals surface area (Å²) in [6.45, 7) is 1.91. The van der Waals surface area contributed by atoms with Gasteiger partial charge in [-0.2, -0.15) is 0 Å². The Hall–Kier alpha value is -3.19. The number of carbonyl (C=O) groups excluding carboxylic acids is 1. The number of anilines is 2. The van der Waals surface area contributed by atoms with Crippen LogP contribution >= 0.6 is 0 Å². The second kappa shape index (κ2) is 8.22. The third kappa shape index (κ3) is 4.95. The van der Waals surface area contributed by atoms with E-state index in [9.17, 15) is 17.6 Å². The molecule has 144 valence electrons.